The highest BCUT2D eigenvalue weighted by Crippen LogP contribution is 2.28. The quantitative estimate of drug-likeness (QED) is 0.752. The van der Waals surface area contributed by atoms with Gasteiger partial charge in [-0.25, -0.2) is 0 Å². The number of ether oxygens (including phenoxy) is 2. The molecule has 1 unspecified atom stereocenters. The fourth-order valence-electron chi connectivity index (χ4n) is 2.86. The highest BCUT2D eigenvalue weighted by molar-refractivity contribution is 4.93. The minimum absolute atomic E-state index is 0.171. The van der Waals surface area contributed by atoms with E-state index in [1.807, 2.05) is 0 Å². The summed E-state index contributed by atoms with van der Waals surface area (Å²) >= 11 is 0. The van der Waals surface area contributed by atoms with Crippen molar-refractivity contribution in [3.8, 4) is 0 Å². The van der Waals surface area contributed by atoms with Crippen LogP contribution in [0.4, 0.5) is 0 Å². The zero-order chi connectivity index (χ0) is 11.3. The Bertz CT molecular complexity index is 195. The third-order valence-electron chi connectivity index (χ3n) is 3.92. The monoisotopic (exact) mass is 228 g/mol. The predicted octanol–water partition coefficient (Wildman–Crippen LogP) is 0.607. The normalized spacial score (nSPS) is 34.3. The van der Waals surface area contributed by atoms with Crippen LogP contribution in [-0.2, 0) is 9.47 Å². The van der Waals surface area contributed by atoms with Crippen molar-refractivity contribution < 1.29 is 9.47 Å². The van der Waals surface area contributed by atoms with Crippen LogP contribution in [0.15, 0.2) is 0 Å². The summed E-state index contributed by atoms with van der Waals surface area (Å²) in [7, 11) is 0. The van der Waals surface area contributed by atoms with Crippen LogP contribution in [0.2, 0.25) is 0 Å². The van der Waals surface area contributed by atoms with Crippen LogP contribution in [0.1, 0.15) is 25.7 Å². The molecule has 2 N–H and O–H groups in total. The smallest absolute Gasteiger partial charge is 0.0593 e. The summed E-state index contributed by atoms with van der Waals surface area (Å²) in [6, 6.07) is 0. The van der Waals surface area contributed by atoms with Gasteiger partial charge in [-0.2, -0.15) is 0 Å². The summed E-state index contributed by atoms with van der Waals surface area (Å²) in [5.41, 5.74) is 6.22. The SMILES string of the molecule is NCC1(N2CCCOCC2)CCCOCC1. The lowest BCUT2D eigenvalue weighted by Gasteiger charge is -2.42. The molecule has 2 aliphatic heterocycles. The van der Waals surface area contributed by atoms with Gasteiger partial charge in [-0.3, -0.25) is 4.90 Å². The highest BCUT2D eigenvalue weighted by Gasteiger charge is 2.36. The van der Waals surface area contributed by atoms with Crippen LogP contribution < -0.4 is 5.73 Å². The first kappa shape index (κ1) is 12.3. The molecule has 2 rings (SSSR count). The Morgan fingerprint density at radius 3 is 2.62 bits per heavy atom. The number of rotatable bonds is 2. The standard InChI is InChI=1S/C12H24N2O2/c13-11-12(3-1-7-15-9-4-12)14-5-2-8-16-10-6-14/h1-11,13H2. The number of nitrogens with zero attached hydrogens (tertiary/aromatic N) is 1. The van der Waals surface area contributed by atoms with Gasteiger partial charge in [0.1, 0.15) is 0 Å². The molecule has 0 aromatic heterocycles. The molecule has 4 heteroatoms. The predicted molar refractivity (Wildman–Crippen MR) is 63.5 cm³/mol. The zero-order valence-corrected chi connectivity index (χ0v) is 10.1. The molecule has 4 nitrogen and oxygen atoms in total. The highest BCUT2D eigenvalue weighted by atomic mass is 16.5. The first-order chi connectivity index (χ1) is 7.87. The van der Waals surface area contributed by atoms with Crippen LogP contribution in [0.5, 0.6) is 0 Å². The van der Waals surface area contributed by atoms with E-state index >= 15 is 0 Å². The average molecular weight is 228 g/mol. The Hall–Kier alpha value is -0.160. The van der Waals surface area contributed by atoms with Crippen molar-refractivity contribution in [2.24, 2.45) is 5.73 Å². The maximum Gasteiger partial charge on any atom is 0.0593 e. The minimum atomic E-state index is 0.171. The lowest BCUT2D eigenvalue weighted by atomic mass is 9.88. The van der Waals surface area contributed by atoms with Crippen molar-refractivity contribution in [3.63, 3.8) is 0 Å². The summed E-state index contributed by atoms with van der Waals surface area (Å²) in [6.07, 6.45) is 4.50. The van der Waals surface area contributed by atoms with E-state index in [2.05, 4.69) is 4.90 Å². The second-order valence-electron chi connectivity index (χ2n) is 4.85. The molecule has 0 aliphatic carbocycles. The van der Waals surface area contributed by atoms with E-state index in [-0.39, 0.29) is 5.54 Å². The van der Waals surface area contributed by atoms with E-state index in [9.17, 15) is 0 Å². The van der Waals surface area contributed by atoms with Crippen LogP contribution in [0, 0.1) is 0 Å². The first-order valence-corrected chi connectivity index (χ1v) is 6.48. The Morgan fingerprint density at radius 1 is 0.938 bits per heavy atom. The molecular formula is C12H24N2O2. The van der Waals surface area contributed by atoms with E-state index in [0.717, 1.165) is 65.3 Å². The zero-order valence-electron chi connectivity index (χ0n) is 10.1. The van der Waals surface area contributed by atoms with Crippen molar-refractivity contribution in [1.82, 2.24) is 4.90 Å². The second kappa shape index (κ2) is 5.96. The summed E-state index contributed by atoms with van der Waals surface area (Å²) in [4.78, 5) is 2.55. The molecule has 0 saturated carbocycles. The fourth-order valence-corrected chi connectivity index (χ4v) is 2.86. The molecule has 0 amide bonds. The molecule has 0 aromatic rings. The van der Waals surface area contributed by atoms with Crippen LogP contribution in [0.25, 0.3) is 0 Å². The lowest BCUT2D eigenvalue weighted by molar-refractivity contribution is 0.0611. The Labute approximate surface area is 98.1 Å². The van der Waals surface area contributed by atoms with E-state index in [1.165, 1.54) is 6.42 Å². The van der Waals surface area contributed by atoms with Crippen molar-refractivity contribution in [2.75, 3.05) is 46.1 Å². The van der Waals surface area contributed by atoms with Gasteiger partial charge in [-0.1, -0.05) is 0 Å². The average Bonchev–Trinajstić information content (AvgIpc) is 2.72. The van der Waals surface area contributed by atoms with Gasteiger partial charge in [-0.15, -0.1) is 0 Å². The van der Waals surface area contributed by atoms with E-state index in [1.54, 1.807) is 0 Å². The largest absolute Gasteiger partial charge is 0.381 e. The Kier molecular flexibility index (Phi) is 4.58. The van der Waals surface area contributed by atoms with Gasteiger partial charge in [0.15, 0.2) is 0 Å². The molecule has 1 atom stereocenters. The van der Waals surface area contributed by atoms with Gasteiger partial charge >= 0.3 is 0 Å². The molecule has 2 heterocycles. The van der Waals surface area contributed by atoms with Crippen molar-refractivity contribution >= 4 is 0 Å². The van der Waals surface area contributed by atoms with Crippen molar-refractivity contribution in [3.05, 3.63) is 0 Å². The van der Waals surface area contributed by atoms with Crippen LogP contribution in [-0.4, -0.2) is 56.5 Å². The Balaban J connectivity index is 2.04. The van der Waals surface area contributed by atoms with Gasteiger partial charge in [0, 0.05) is 45.0 Å². The molecule has 0 bridgehead atoms. The molecule has 2 fully saturated rings. The summed E-state index contributed by atoms with van der Waals surface area (Å²) < 4.78 is 11.1. The van der Waals surface area contributed by atoms with Gasteiger partial charge in [0.2, 0.25) is 0 Å². The second-order valence-corrected chi connectivity index (χ2v) is 4.85. The topological polar surface area (TPSA) is 47.7 Å². The first-order valence-electron chi connectivity index (χ1n) is 6.48. The summed E-state index contributed by atoms with van der Waals surface area (Å²) in [6.45, 7) is 6.39. The molecule has 16 heavy (non-hydrogen) atoms. The fraction of sp³-hybridized carbons (Fsp3) is 1.00. The molecule has 94 valence electrons. The third-order valence-corrected chi connectivity index (χ3v) is 3.92. The Morgan fingerprint density at radius 2 is 1.75 bits per heavy atom. The number of hydrogen-bond acceptors (Lipinski definition) is 4. The minimum Gasteiger partial charge on any atom is -0.381 e. The summed E-state index contributed by atoms with van der Waals surface area (Å²) in [5.74, 6) is 0. The number of hydrogen-bond donors (Lipinski definition) is 1. The van der Waals surface area contributed by atoms with Crippen LogP contribution in [0.3, 0.4) is 0 Å². The van der Waals surface area contributed by atoms with Crippen molar-refractivity contribution in [2.45, 2.75) is 31.2 Å². The van der Waals surface area contributed by atoms with Gasteiger partial charge in [0.25, 0.3) is 0 Å². The van der Waals surface area contributed by atoms with Gasteiger partial charge in [0.05, 0.1) is 6.61 Å². The van der Waals surface area contributed by atoms with Crippen LogP contribution >= 0.6 is 0 Å². The van der Waals surface area contributed by atoms with Gasteiger partial charge < -0.3 is 15.2 Å². The molecule has 0 aromatic carbocycles. The molecule has 0 radical (unpaired) electrons. The maximum absolute atomic E-state index is 6.05. The molecule has 0 spiro atoms. The van der Waals surface area contributed by atoms with E-state index in [0.29, 0.717) is 0 Å². The summed E-state index contributed by atoms with van der Waals surface area (Å²) in [5, 5.41) is 0. The van der Waals surface area contributed by atoms with Gasteiger partial charge in [-0.05, 0) is 25.7 Å². The molecule has 2 saturated heterocycles. The maximum atomic E-state index is 6.05. The lowest BCUT2D eigenvalue weighted by Crippen LogP contribution is -2.55. The third kappa shape index (κ3) is 2.74. The molecule has 2 aliphatic rings. The van der Waals surface area contributed by atoms with E-state index in [4.69, 9.17) is 15.2 Å². The number of nitrogens with two attached hydrogens (primary N) is 1. The molecular weight excluding hydrogens is 204 g/mol. The van der Waals surface area contributed by atoms with Crippen molar-refractivity contribution in [1.29, 1.82) is 0 Å². The van der Waals surface area contributed by atoms with E-state index < -0.39 is 0 Å².